The van der Waals surface area contributed by atoms with Crippen molar-refractivity contribution in [3.05, 3.63) is 21.3 Å². The lowest BCUT2D eigenvalue weighted by molar-refractivity contribution is -0.147. The third-order valence-electron chi connectivity index (χ3n) is 4.26. The molecule has 0 radical (unpaired) electrons. The third kappa shape index (κ3) is 4.48. The molecule has 1 N–H and O–H groups in total. The average molecular weight is 373 g/mol. The molecule has 1 saturated heterocycles. The van der Waals surface area contributed by atoms with Crippen LogP contribution in [0.25, 0.3) is 0 Å². The molecule has 1 aromatic rings. The maximum absolute atomic E-state index is 12.5. The Labute approximate surface area is 150 Å². The quantitative estimate of drug-likeness (QED) is 0.860. The number of nitrogens with zero attached hydrogens (tertiary/aromatic N) is 2. The fourth-order valence-corrected chi connectivity index (χ4v) is 3.90. The summed E-state index contributed by atoms with van der Waals surface area (Å²) in [5.74, 6) is -2.13. The van der Waals surface area contributed by atoms with E-state index in [-0.39, 0.29) is 30.8 Å². The van der Waals surface area contributed by atoms with E-state index in [1.165, 1.54) is 16.2 Å². The number of thiophene rings is 1. The molecule has 0 saturated carbocycles. The number of hydrogen-bond donors (Lipinski definition) is 1. The first-order valence-electron chi connectivity index (χ1n) is 7.80. The first-order valence-corrected chi connectivity index (χ1v) is 8.99. The number of likely N-dealkylation sites (tertiary alicyclic amines) is 1. The lowest BCUT2D eigenvalue weighted by Crippen LogP contribution is -2.47. The van der Waals surface area contributed by atoms with Crippen LogP contribution in [0.2, 0.25) is 4.34 Å². The second kappa shape index (κ2) is 7.98. The van der Waals surface area contributed by atoms with Gasteiger partial charge < -0.3 is 14.9 Å². The van der Waals surface area contributed by atoms with Crippen molar-refractivity contribution in [2.75, 3.05) is 26.7 Å². The van der Waals surface area contributed by atoms with Gasteiger partial charge in [0.15, 0.2) is 0 Å². The lowest BCUT2D eigenvalue weighted by atomic mass is 9.98. The molecule has 1 fully saturated rings. The van der Waals surface area contributed by atoms with E-state index in [2.05, 4.69) is 0 Å². The van der Waals surface area contributed by atoms with Gasteiger partial charge >= 0.3 is 5.97 Å². The zero-order valence-corrected chi connectivity index (χ0v) is 15.3. The smallest absolute Gasteiger partial charge is 0.308 e. The van der Waals surface area contributed by atoms with Crippen molar-refractivity contribution in [1.82, 2.24) is 9.80 Å². The SMILES string of the molecule is CC(C(=O)N(C)CC(=O)N1CCCC(C(=O)O)C1)c1ccc(Cl)s1. The molecular formula is C16H21ClN2O4S. The van der Waals surface area contributed by atoms with Gasteiger partial charge in [0.2, 0.25) is 11.8 Å². The minimum absolute atomic E-state index is 0.0470. The molecule has 6 nitrogen and oxygen atoms in total. The number of halogens is 1. The number of rotatable bonds is 5. The molecule has 0 aliphatic carbocycles. The van der Waals surface area contributed by atoms with E-state index in [1.807, 2.05) is 6.07 Å². The topological polar surface area (TPSA) is 77.9 Å². The van der Waals surface area contributed by atoms with Crippen molar-refractivity contribution in [2.45, 2.75) is 25.7 Å². The Hall–Kier alpha value is -1.60. The van der Waals surface area contributed by atoms with E-state index in [0.29, 0.717) is 23.7 Å². The molecule has 2 heterocycles. The summed E-state index contributed by atoms with van der Waals surface area (Å²) in [7, 11) is 1.59. The number of carbonyl (C=O) groups is 3. The van der Waals surface area contributed by atoms with Crippen LogP contribution in [0, 0.1) is 5.92 Å². The number of carboxylic acids is 1. The zero-order chi connectivity index (χ0) is 17.9. The minimum atomic E-state index is -0.875. The van der Waals surface area contributed by atoms with E-state index in [9.17, 15) is 14.4 Å². The molecule has 0 spiro atoms. The molecule has 2 atom stereocenters. The van der Waals surface area contributed by atoms with Gasteiger partial charge in [-0.1, -0.05) is 11.6 Å². The van der Waals surface area contributed by atoms with Crippen molar-refractivity contribution in [1.29, 1.82) is 0 Å². The summed E-state index contributed by atoms with van der Waals surface area (Å²) in [6.45, 7) is 2.49. The van der Waals surface area contributed by atoms with Gasteiger partial charge in [-0.3, -0.25) is 14.4 Å². The van der Waals surface area contributed by atoms with Gasteiger partial charge in [-0.15, -0.1) is 11.3 Å². The van der Waals surface area contributed by atoms with Gasteiger partial charge in [-0.2, -0.15) is 0 Å². The van der Waals surface area contributed by atoms with Crippen molar-refractivity contribution >= 4 is 40.7 Å². The average Bonchev–Trinajstić information content (AvgIpc) is 2.99. The highest BCUT2D eigenvalue weighted by molar-refractivity contribution is 7.16. The number of aliphatic carboxylic acids is 1. The highest BCUT2D eigenvalue weighted by Crippen LogP contribution is 2.29. The van der Waals surface area contributed by atoms with E-state index < -0.39 is 11.9 Å². The highest BCUT2D eigenvalue weighted by Gasteiger charge is 2.30. The predicted octanol–water partition coefficient (Wildman–Crippen LogP) is 2.29. The van der Waals surface area contributed by atoms with Crippen LogP contribution in [0.3, 0.4) is 0 Å². The lowest BCUT2D eigenvalue weighted by Gasteiger charge is -2.32. The van der Waals surface area contributed by atoms with Crippen molar-refractivity contribution in [2.24, 2.45) is 5.92 Å². The molecule has 24 heavy (non-hydrogen) atoms. The van der Waals surface area contributed by atoms with Crippen LogP contribution in [0.15, 0.2) is 12.1 Å². The Morgan fingerprint density at radius 2 is 2.17 bits per heavy atom. The molecule has 1 aliphatic heterocycles. The summed E-state index contributed by atoms with van der Waals surface area (Å²) < 4.78 is 0.622. The van der Waals surface area contributed by atoms with Gasteiger partial charge in [0.05, 0.1) is 22.7 Å². The number of hydrogen-bond acceptors (Lipinski definition) is 4. The number of carboxylic acid groups (broad SMARTS) is 1. The maximum atomic E-state index is 12.5. The number of amides is 2. The Morgan fingerprint density at radius 1 is 1.46 bits per heavy atom. The summed E-state index contributed by atoms with van der Waals surface area (Å²) in [5.41, 5.74) is 0. The number of carbonyl (C=O) groups excluding carboxylic acids is 2. The number of piperidine rings is 1. The second-order valence-corrected chi connectivity index (χ2v) is 7.82. The van der Waals surface area contributed by atoms with Crippen LogP contribution < -0.4 is 0 Å². The summed E-state index contributed by atoms with van der Waals surface area (Å²) in [5, 5.41) is 9.10. The molecule has 2 amide bonds. The molecular weight excluding hydrogens is 352 g/mol. The minimum Gasteiger partial charge on any atom is -0.481 e. The monoisotopic (exact) mass is 372 g/mol. The molecule has 0 aromatic carbocycles. The normalized spacial score (nSPS) is 19.0. The largest absolute Gasteiger partial charge is 0.481 e. The van der Waals surface area contributed by atoms with E-state index >= 15 is 0 Å². The van der Waals surface area contributed by atoms with E-state index in [1.54, 1.807) is 24.9 Å². The van der Waals surface area contributed by atoms with Crippen LogP contribution in [0.1, 0.15) is 30.6 Å². The van der Waals surface area contributed by atoms with Crippen LogP contribution in [-0.4, -0.2) is 59.4 Å². The van der Waals surface area contributed by atoms with Crippen molar-refractivity contribution in [3.63, 3.8) is 0 Å². The first kappa shape index (κ1) is 18.7. The van der Waals surface area contributed by atoms with Gasteiger partial charge in [0.25, 0.3) is 0 Å². The van der Waals surface area contributed by atoms with Crippen LogP contribution in [0.5, 0.6) is 0 Å². The Bertz CT molecular complexity index is 633. The fourth-order valence-electron chi connectivity index (χ4n) is 2.80. The summed E-state index contributed by atoms with van der Waals surface area (Å²) >= 11 is 7.25. The Kier molecular flexibility index (Phi) is 6.23. The molecule has 0 bridgehead atoms. The number of likely N-dealkylation sites (N-methyl/N-ethyl adjacent to an activating group) is 1. The summed E-state index contributed by atoms with van der Waals surface area (Å²) in [4.78, 5) is 39.7. The van der Waals surface area contributed by atoms with Crippen molar-refractivity contribution < 1.29 is 19.5 Å². The molecule has 8 heteroatoms. The molecule has 1 aromatic heterocycles. The zero-order valence-electron chi connectivity index (χ0n) is 13.7. The predicted molar refractivity (Wildman–Crippen MR) is 92.3 cm³/mol. The first-order chi connectivity index (χ1) is 11.3. The Balaban J connectivity index is 1.93. The van der Waals surface area contributed by atoms with Gasteiger partial charge in [0, 0.05) is 25.0 Å². The fraction of sp³-hybridized carbons (Fsp3) is 0.562. The summed E-state index contributed by atoms with van der Waals surface area (Å²) in [6, 6.07) is 3.56. The van der Waals surface area contributed by atoms with Crippen LogP contribution in [0.4, 0.5) is 0 Å². The second-order valence-electron chi connectivity index (χ2n) is 6.08. The van der Waals surface area contributed by atoms with Crippen LogP contribution in [-0.2, 0) is 14.4 Å². The van der Waals surface area contributed by atoms with Gasteiger partial charge in [-0.25, -0.2) is 0 Å². The Morgan fingerprint density at radius 3 is 2.75 bits per heavy atom. The van der Waals surface area contributed by atoms with E-state index in [0.717, 1.165) is 4.88 Å². The standard InChI is InChI=1S/C16H21ClN2O4S/c1-10(12-5-6-13(17)24-12)15(21)18(2)9-14(20)19-7-3-4-11(8-19)16(22)23/h5-6,10-11H,3-4,7-9H2,1-2H3,(H,22,23). The molecule has 2 unspecified atom stereocenters. The van der Waals surface area contributed by atoms with Gasteiger partial charge in [-0.05, 0) is 31.9 Å². The summed E-state index contributed by atoms with van der Waals surface area (Å²) in [6.07, 6.45) is 1.26. The molecule has 1 aliphatic rings. The molecule has 2 rings (SSSR count). The molecule has 132 valence electrons. The maximum Gasteiger partial charge on any atom is 0.308 e. The third-order valence-corrected chi connectivity index (χ3v) is 5.68. The van der Waals surface area contributed by atoms with Crippen molar-refractivity contribution in [3.8, 4) is 0 Å². The van der Waals surface area contributed by atoms with Crippen LogP contribution >= 0.6 is 22.9 Å². The van der Waals surface area contributed by atoms with E-state index in [4.69, 9.17) is 16.7 Å². The highest BCUT2D eigenvalue weighted by atomic mass is 35.5. The van der Waals surface area contributed by atoms with Gasteiger partial charge in [0.1, 0.15) is 0 Å².